The van der Waals surface area contributed by atoms with Gasteiger partial charge < -0.3 is 0 Å². The van der Waals surface area contributed by atoms with E-state index in [4.69, 9.17) is 0 Å². The molecule has 6 nitrogen and oxygen atoms in total. The number of nitro groups is 1. The summed E-state index contributed by atoms with van der Waals surface area (Å²) in [5, 5.41) is 15.1. The van der Waals surface area contributed by atoms with Gasteiger partial charge in [-0.15, -0.1) is 0 Å². The summed E-state index contributed by atoms with van der Waals surface area (Å²) >= 11 is 0. The third-order valence-corrected chi connectivity index (χ3v) is 2.54. The SMILES string of the molecule is CC(=O)c1ccc(-n2ccc(C)n2)cc1[N+](=O)[O-]. The molecule has 0 N–H and O–H groups in total. The Hall–Kier alpha value is -2.50. The summed E-state index contributed by atoms with van der Waals surface area (Å²) in [5.41, 5.74) is 1.27. The van der Waals surface area contributed by atoms with Crippen LogP contribution in [0.2, 0.25) is 0 Å². The molecule has 0 saturated heterocycles. The van der Waals surface area contributed by atoms with Crippen molar-refractivity contribution < 1.29 is 9.72 Å². The highest BCUT2D eigenvalue weighted by molar-refractivity contribution is 5.98. The van der Waals surface area contributed by atoms with Gasteiger partial charge in [-0.2, -0.15) is 5.10 Å². The zero-order valence-corrected chi connectivity index (χ0v) is 9.95. The van der Waals surface area contributed by atoms with Crippen LogP contribution in [0.25, 0.3) is 5.69 Å². The molecule has 92 valence electrons. The lowest BCUT2D eigenvalue weighted by Gasteiger charge is -2.04. The van der Waals surface area contributed by atoms with Gasteiger partial charge in [-0.25, -0.2) is 4.68 Å². The topological polar surface area (TPSA) is 78.0 Å². The fraction of sp³-hybridized carbons (Fsp3) is 0.167. The van der Waals surface area contributed by atoms with E-state index in [1.807, 2.05) is 6.92 Å². The number of carbonyl (C=O) groups is 1. The van der Waals surface area contributed by atoms with Crippen LogP contribution in [0.4, 0.5) is 5.69 Å². The van der Waals surface area contributed by atoms with E-state index in [9.17, 15) is 14.9 Å². The molecule has 1 heterocycles. The molecule has 0 saturated carbocycles. The first-order chi connectivity index (χ1) is 8.49. The van der Waals surface area contributed by atoms with Crippen molar-refractivity contribution in [1.82, 2.24) is 9.78 Å². The fourth-order valence-electron chi connectivity index (χ4n) is 1.67. The van der Waals surface area contributed by atoms with Crippen molar-refractivity contribution in [2.24, 2.45) is 0 Å². The number of aryl methyl sites for hydroxylation is 1. The largest absolute Gasteiger partial charge is 0.294 e. The molecule has 0 bridgehead atoms. The minimum absolute atomic E-state index is 0.104. The Bertz CT molecular complexity index is 631. The second-order valence-corrected chi connectivity index (χ2v) is 3.92. The van der Waals surface area contributed by atoms with Gasteiger partial charge in [0, 0.05) is 12.3 Å². The van der Waals surface area contributed by atoms with Crippen LogP contribution >= 0.6 is 0 Å². The van der Waals surface area contributed by atoms with E-state index in [0.717, 1.165) is 5.69 Å². The van der Waals surface area contributed by atoms with Gasteiger partial charge in [0.2, 0.25) is 0 Å². The van der Waals surface area contributed by atoms with Gasteiger partial charge in [-0.3, -0.25) is 14.9 Å². The van der Waals surface area contributed by atoms with E-state index in [2.05, 4.69) is 5.10 Å². The summed E-state index contributed by atoms with van der Waals surface area (Å²) in [5.74, 6) is -0.329. The second-order valence-electron chi connectivity index (χ2n) is 3.92. The monoisotopic (exact) mass is 245 g/mol. The Morgan fingerprint density at radius 2 is 2.11 bits per heavy atom. The quantitative estimate of drug-likeness (QED) is 0.472. The van der Waals surface area contributed by atoms with Gasteiger partial charge in [0.05, 0.1) is 21.9 Å². The molecule has 18 heavy (non-hydrogen) atoms. The summed E-state index contributed by atoms with van der Waals surface area (Å²) in [6.07, 6.45) is 1.71. The maximum atomic E-state index is 11.3. The molecule has 1 aromatic heterocycles. The number of ketones is 1. The number of Topliss-reactive ketones (excluding diaryl/α,β-unsaturated/α-hetero) is 1. The molecule has 0 aliphatic carbocycles. The first-order valence-corrected chi connectivity index (χ1v) is 5.31. The third kappa shape index (κ3) is 2.13. The average molecular weight is 245 g/mol. The van der Waals surface area contributed by atoms with Crippen molar-refractivity contribution in [3.8, 4) is 5.69 Å². The summed E-state index contributed by atoms with van der Waals surface area (Å²) in [4.78, 5) is 21.7. The molecule has 6 heteroatoms. The highest BCUT2D eigenvalue weighted by atomic mass is 16.6. The number of carbonyl (C=O) groups excluding carboxylic acids is 1. The molecular weight excluding hydrogens is 234 g/mol. The zero-order valence-electron chi connectivity index (χ0n) is 9.95. The van der Waals surface area contributed by atoms with Crippen molar-refractivity contribution in [3.05, 3.63) is 51.8 Å². The molecule has 2 rings (SSSR count). The van der Waals surface area contributed by atoms with Crippen molar-refractivity contribution >= 4 is 11.5 Å². The van der Waals surface area contributed by atoms with Crippen molar-refractivity contribution in [3.63, 3.8) is 0 Å². The van der Waals surface area contributed by atoms with Crippen LogP contribution in [0.3, 0.4) is 0 Å². The molecular formula is C12H11N3O3. The number of benzene rings is 1. The van der Waals surface area contributed by atoms with Gasteiger partial charge >= 0.3 is 0 Å². The van der Waals surface area contributed by atoms with Gasteiger partial charge in [0.15, 0.2) is 5.78 Å². The Morgan fingerprint density at radius 1 is 1.39 bits per heavy atom. The molecule has 1 aromatic carbocycles. The minimum Gasteiger partial charge on any atom is -0.294 e. The number of aromatic nitrogens is 2. The smallest absolute Gasteiger partial charge is 0.282 e. The summed E-state index contributed by atoms with van der Waals surface area (Å²) in [6, 6.07) is 6.23. The lowest BCUT2D eigenvalue weighted by atomic mass is 10.1. The molecule has 0 amide bonds. The summed E-state index contributed by atoms with van der Waals surface area (Å²) in [7, 11) is 0. The van der Waals surface area contributed by atoms with Gasteiger partial charge in [-0.05, 0) is 32.0 Å². The standard InChI is InChI=1S/C12H11N3O3/c1-8-5-6-14(13-8)10-3-4-11(9(2)16)12(7-10)15(17)18/h3-7H,1-2H3. The summed E-state index contributed by atoms with van der Waals surface area (Å²) < 4.78 is 1.53. The fourth-order valence-corrected chi connectivity index (χ4v) is 1.67. The van der Waals surface area contributed by atoms with Gasteiger partial charge in [-0.1, -0.05) is 0 Å². The lowest BCUT2D eigenvalue weighted by Crippen LogP contribution is -2.03. The molecule has 0 aliphatic rings. The first-order valence-electron chi connectivity index (χ1n) is 5.31. The van der Waals surface area contributed by atoms with Crippen LogP contribution in [0.1, 0.15) is 23.0 Å². The predicted octanol–water partition coefficient (Wildman–Crippen LogP) is 2.29. The molecule has 2 aromatic rings. The number of hydrogen-bond donors (Lipinski definition) is 0. The van der Waals surface area contributed by atoms with Crippen molar-refractivity contribution in [2.45, 2.75) is 13.8 Å². The Kier molecular flexibility index (Phi) is 2.93. The van der Waals surface area contributed by atoms with Gasteiger partial charge in [0.1, 0.15) is 0 Å². The molecule has 0 atom stereocenters. The van der Waals surface area contributed by atoms with Crippen LogP contribution in [0.15, 0.2) is 30.5 Å². The third-order valence-electron chi connectivity index (χ3n) is 2.54. The van der Waals surface area contributed by atoms with Crippen molar-refractivity contribution in [2.75, 3.05) is 0 Å². The van der Waals surface area contributed by atoms with Crippen LogP contribution in [0, 0.1) is 17.0 Å². The van der Waals surface area contributed by atoms with E-state index in [1.165, 1.54) is 23.7 Å². The maximum Gasteiger partial charge on any atom is 0.282 e. The number of nitrogens with zero attached hydrogens (tertiary/aromatic N) is 3. The lowest BCUT2D eigenvalue weighted by molar-refractivity contribution is -0.385. The first kappa shape index (κ1) is 12.0. The normalized spacial score (nSPS) is 10.3. The molecule has 0 spiro atoms. The Labute approximate surface area is 103 Å². The van der Waals surface area contributed by atoms with E-state index < -0.39 is 4.92 Å². The predicted molar refractivity (Wildman–Crippen MR) is 65.0 cm³/mol. The number of hydrogen-bond acceptors (Lipinski definition) is 4. The van der Waals surface area contributed by atoms with E-state index in [0.29, 0.717) is 5.69 Å². The van der Waals surface area contributed by atoms with Crippen LogP contribution in [-0.4, -0.2) is 20.5 Å². The van der Waals surface area contributed by atoms with Crippen LogP contribution < -0.4 is 0 Å². The molecule has 0 radical (unpaired) electrons. The van der Waals surface area contributed by atoms with Crippen LogP contribution in [0.5, 0.6) is 0 Å². The molecule has 0 fully saturated rings. The maximum absolute atomic E-state index is 11.3. The van der Waals surface area contributed by atoms with Crippen LogP contribution in [-0.2, 0) is 0 Å². The van der Waals surface area contributed by atoms with E-state index in [1.54, 1.807) is 18.3 Å². The van der Waals surface area contributed by atoms with Gasteiger partial charge in [0.25, 0.3) is 5.69 Å². The Morgan fingerprint density at radius 3 is 2.61 bits per heavy atom. The number of nitro benzene ring substituents is 1. The van der Waals surface area contributed by atoms with Crippen molar-refractivity contribution in [1.29, 1.82) is 0 Å². The second kappa shape index (κ2) is 4.40. The Balaban J connectivity index is 2.56. The highest BCUT2D eigenvalue weighted by Gasteiger charge is 2.18. The molecule has 0 aliphatic heterocycles. The van der Waals surface area contributed by atoms with E-state index in [-0.39, 0.29) is 17.0 Å². The van der Waals surface area contributed by atoms with E-state index >= 15 is 0 Å². The average Bonchev–Trinajstić information content (AvgIpc) is 2.75. The minimum atomic E-state index is -0.559. The zero-order chi connectivity index (χ0) is 13.3. The highest BCUT2D eigenvalue weighted by Crippen LogP contribution is 2.22. The number of rotatable bonds is 3. The molecule has 0 unspecified atom stereocenters. The summed E-state index contributed by atoms with van der Waals surface area (Å²) in [6.45, 7) is 3.13.